The van der Waals surface area contributed by atoms with Gasteiger partial charge in [-0.3, -0.25) is 4.79 Å². The van der Waals surface area contributed by atoms with E-state index in [1.165, 1.54) is 12.1 Å². The first kappa shape index (κ1) is 17.1. The summed E-state index contributed by atoms with van der Waals surface area (Å²) in [6, 6.07) is 9.75. The molecule has 1 amide bonds. The molecule has 0 radical (unpaired) electrons. The smallest absolute Gasteiger partial charge is 0.376 e. The molecule has 2 aromatic rings. The zero-order valence-corrected chi connectivity index (χ0v) is 12.9. The Balaban J connectivity index is 1.98. The van der Waals surface area contributed by atoms with Crippen LogP contribution in [0, 0.1) is 6.92 Å². The molecule has 0 aliphatic carbocycles. The topological polar surface area (TPSA) is 41.1 Å². The minimum Gasteiger partial charge on any atom is -0.376 e. The first-order chi connectivity index (χ1) is 10.8. The summed E-state index contributed by atoms with van der Waals surface area (Å²) in [4.78, 5) is 11.9. The van der Waals surface area contributed by atoms with Crippen LogP contribution in [-0.2, 0) is 11.0 Å². The highest BCUT2D eigenvalue weighted by atomic mass is 35.5. The second-order valence-corrected chi connectivity index (χ2v) is 5.38. The molecule has 0 saturated carbocycles. The Morgan fingerprint density at radius 3 is 2.61 bits per heavy atom. The number of nitrogens with one attached hydrogen (secondary N) is 2. The summed E-state index contributed by atoms with van der Waals surface area (Å²) in [7, 11) is 0. The number of rotatable bonds is 4. The van der Waals surface area contributed by atoms with E-state index < -0.39 is 11.7 Å². The Bertz CT molecular complexity index is 717. The first-order valence-electron chi connectivity index (χ1n) is 6.73. The molecule has 7 heteroatoms. The molecule has 0 aliphatic rings. The summed E-state index contributed by atoms with van der Waals surface area (Å²) < 4.78 is 37.9. The van der Waals surface area contributed by atoms with Crippen molar-refractivity contribution in [1.29, 1.82) is 0 Å². The van der Waals surface area contributed by atoms with Crippen molar-refractivity contribution in [2.24, 2.45) is 0 Å². The van der Waals surface area contributed by atoms with Gasteiger partial charge in [0, 0.05) is 16.4 Å². The Labute approximate surface area is 136 Å². The lowest BCUT2D eigenvalue weighted by molar-refractivity contribution is -0.137. The molecule has 0 spiro atoms. The molecule has 3 nitrogen and oxygen atoms in total. The molecular formula is C16H14ClF3N2O. The predicted octanol–water partition coefficient (Wildman–Crippen LogP) is 4.72. The fraction of sp³-hybridized carbons (Fsp3) is 0.188. The van der Waals surface area contributed by atoms with Crippen molar-refractivity contribution in [2.75, 3.05) is 17.2 Å². The number of halogens is 4. The molecule has 0 unspecified atom stereocenters. The van der Waals surface area contributed by atoms with E-state index in [1.807, 2.05) is 6.92 Å². The van der Waals surface area contributed by atoms with Crippen LogP contribution >= 0.6 is 11.6 Å². The average molecular weight is 343 g/mol. The Morgan fingerprint density at radius 2 is 1.91 bits per heavy atom. The summed E-state index contributed by atoms with van der Waals surface area (Å²) in [6.45, 7) is 1.65. The van der Waals surface area contributed by atoms with E-state index in [2.05, 4.69) is 10.6 Å². The maximum atomic E-state index is 12.6. The van der Waals surface area contributed by atoms with Crippen LogP contribution in [0.2, 0.25) is 5.02 Å². The predicted molar refractivity (Wildman–Crippen MR) is 84.8 cm³/mol. The fourth-order valence-corrected chi connectivity index (χ4v) is 2.08. The van der Waals surface area contributed by atoms with Gasteiger partial charge in [0.25, 0.3) is 0 Å². The van der Waals surface area contributed by atoms with Crippen molar-refractivity contribution in [3.05, 3.63) is 58.6 Å². The zero-order valence-electron chi connectivity index (χ0n) is 12.2. The van der Waals surface area contributed by atoms with E-state index in [0.717, 1.165) is 17.7 Å². The van der Waals surface area contributed by atoms with E-state index in [1.54, 1.807) is 18.2 Å². The number of carbonyl (C=O) groups excluding carboxylic acids is 1. The number of aryl methyl sites for hydroxylation is 1. The SMILES string of the molecule is Cc1ccc(Cl)cc1NC(=O)CNc1cccc(C(F)(F)F)c1. The number of amides is 1. The summed E-state index contributed by atoms with van der Waals surface area (Å²) in [6.07, 6.45) is -4.42. The van der Waals surface area contributed by atoms with E-state index in [0.29, 0.717) is 10.7 Å². The maximum Gasteiger partial charge on any atom is 0.416 e. The number of anilines is 2. The van der Waals surface area contributed by atoms with Crippen LogP contribution < -0.4 is 10.6 Å². The third kappa shape index (κ3) is 4.89. The van der Waals surface area contributed by atoms with Gasteiger partial charge in [-0.25, -0.2) is 0 Å². The first-order valence-corrected chi connectivity index (χ1v) is 7.10. The van der Waals surface area contributed by atoms with Crippen LogP contribution in [0.25, 0.3) is 0 Å². The Morgan fingerprint density at radius 1 is 1.17 bits per heavy atom. The summed E-state index contributed by atoms with van der Waals surface area (Å²) >= 11 is 5.86. The lowest BCUT2D eigenvalue weighted by atomic mass is 10.2. The molecule has 2 aromatic carbocycles. The van der Waals surface area contributed by atoms with E-state index >= 15 is 0 Å². The highest BCUT2D eigenvalue weighted by Gasteiger charge is 2.30. The van der Waals surface area contributed by atoms with Crippen molar-refractivity contribution in [1.82, 2.24) is 0 Å². The number of benzene rings is 2. The highest BCUT2D eigenvalue weighted by Crippen LogP contribution is 2.30. The molecule has 0 fully saturated rings. The molecule has 0 aromatic heterocycles. The van der Waals surface area contributed by atoms with Gasteiger partial charge in [-0.1, -0.05) is 23.7 Å². The molecule has 122 valence electrons. The van der Waals surface area contributed by atoms with Crippen molar-refractivity contribution in [3.8, 4) is 0 Å². The number of carbonyl (C=O) groups is 1. The normalized spacial score (nSPS) is 11.2. The van der Waals surface area contributed by atoms with Gasteiger partial charge in [-0.2, -0.15) is 13.2 Å². The van der Waals surface area contributed by atoms with Gasteiger partial charge in [-0.05, 0) is 42.8 Å². The second-order valence-electron chi connectivity index (χ2n) is 4.94. The van der Waals surface area contributed by atoms with E-state index in [4.69, 9.17) is 11.6 Å². The fourth-order valence-electron chi connectivity index (χ4n) is 1.91. The monoisotopic (exact) mass is 342 g/mol. The van der Waals surface area contributed by atoms with Gasteiger partial charge in [0.1, 0.15) is 0 Å². The molecular weight excluding hydrogens is 329 g/mol. The Kier molecular flexibility index (Phi) is 5.15. The van der Waals surface area contributed by atoms with Gasteiger partial charge in [0.15, 0.2) is 0 Å². The second kappa shape index (κ2) is 6.91. The van der Waals surface area contributed by atoms with Crippen LogP contribution in [0.5, 0.6) is 0 Å². The molecule has 0 aliphatic heterocycles. The highest BCUT2D eigenvalue weighted by molar-refractivity contribution is 6.31. The van der Waals surface area contributed by atoms with Gasteiger partial charge in [0.2, 0.25) is 5.91 Å². The molecule has 23 heavy (non-hydrogen) atoms. The van der Waals surface area contributed by atoms with Crippen molar-refractivity contribution in [3.63, 3.8) is 0 Å². The lowest BCUT2D eigenvalue weighted by Gasteiger charge is -2.12. The van der Waals surface area contributed by atoms with Crippen LogP contribution in [0.4, 0.5) is 24.5 Å². The summed E-state index contributed by atoms with van der Waals surface area (Å²) in [5.74, 6) is -0.382. The molecule has 0 atom stereocenters. The van der Waals surface area contributed by atoms with Crippen LogP contribution in [-0.4, -0.2) is 12.5 Å². The third-order valence-electron chi connectivity index (χ3n) is 3.12. The average Bonchev–Trinajstić information content (AvgIpc) is 2.48. The zero-order chi connectivity index (χ0) is 17.0. The van der Waals surface area contributed by atoms with Gasteiger partial charge in [0.05, 0.1) is 12.1 Å². The van der Waals surface area contributed by atoms with Crippen LogP contribution in [0.15, 0.2) is 42.5 Å². The van der Waals surface area contributed by atoms with E-state index in [9.17, 15) is 18.0 Å². The minimum absolute atomic E-state index is 0.159. The molecule has 0 heterocycles. The molecule has 0 saturated heterocycles. The number of alkyl halides is 3. The number of hydrogen-bond acceptors (Lipinski definition) is 2. The van der Waals surface area contributed by atoms with Crippen LogP contribution in [0.1, 0.15) is 11.1 Å². The van der Waals surface area contributed by atoms with Gasteiger partial charge >= 0.3 is 6.18 Å². The van der Waals surface area contributed by atoms with Crippen LogP contribution in [0.3, 0.4) is 0 Å². The lowest BCUT2D eigenvalue weighted by Crippen LogP contribution is -2.22. The van der Waals surface area contributed by atoms with Gasteiger partial charge < -0.3 is 10.6 Å². The summed E-state index contributed by atoms with van der Waals surface area (Å²) in [5, 5.41) is 5.81. The molecule has 2 N–H and O–H groups in total. The largest absolute Gasteiger partial charge is 0.416 e. The Hall–Kier alpha value is -2.21. The van der Waals surface area contributed by atoms with E-state index in [-0.39, 0.29) is 18.1 Å². The maximum absolute atomic E-state index is 12.6. The molecule has 2 rings (SSSR count). The summed E-state index contributed by atoms with van der Waals surface area (Å²) in [5.41, 5.74) is 0.849. The minimum atomic E-state index is -4.42. The van der Waals surface area contributed by atoms with Crippen molar-refractivity contribution in [2.45, 2.75) is 13.1 Å². The standard InChI is InChI=1S/C16H14ClF3N2O/c1-10-5-6-12(17)8-14(10)22-15(23)9-21-13-4-2-3-11(7-13)16(18,19)20/h2-8,21H,9H2,1H3,(H,22,23). The quantitative estimate of drug-likeness (QED) is 0.844. The molecule has 0 bridgehead atoms. The number of hydrogen-bond donors (Lipinski definition) is 2. The van der Waals surface area contributed by atoms with Gasteiger partial charge in [-0.15, -0.1) is 0 Å². The van der Waals surface area contributed by atoms with Crippen molar-refractivity contribution >= 4 is 28.9 Å². The third-order valence-corrected chi connectivity index (χ3v) is 3.35. The van der Waals surface area contributed by atoms with Crippen molar-refractivity contribution < 1.29 is 18.0 Å².